The first-order valence-electron chi connectivity index (χ1n) is 4.17. The van der Waals surface area contributed by atoms with Gasteiger partial charge in [0.25, 0.3) is 0 Å². The molecule has 0 unspecified atom stereocenters. The summed E-state index contributed by atoms with van der Waals surface area (Å²) in [6, 6.07) is 5.61. The summed E-state index contributed by atoms with van der Waals surface area (Å²) < 4.78 is 5.28. The highest BCUT2D eigenvalue weighted by atomic mass is 32.1. The Morgan fingerprint density at radius 1 is 1.36 bits per heavy atom. The summed E-state index contributed by atoms with van der Waals surface area (Å²) in [7, 11) is 0. The zero-order valence-electron chi connectivity index (χ0n) is 7.15. The van der Waals surface area contributed by atoms with Gasteiger partial charge in [0.05, 0.1) is 16.1 Å². The fourth-order valence-corrected chi connectivity index (χ4v) is 2.46. The van der Waals surface area contributed by atoms with E-state index in [0.29, 0.717) is 5.56 Å². The van der Waals surface area contributed by atoms with Gasteiger partial charge in [0.1, 0.15) is 0 Å². The summed E-state index contributed by atoms with van der Waals surface area (Å²) in [5, 5.41) is 0.941. The Kier molecular flexibility index (Phi) is 1.33. The predicted molar refractivity (Wildman–Crippen MR) is 56.1 cm³/mol. The van der Waals surface area contributed by atoms with Crippen LogP contribution in [0.5, 0.6) is 0 Å². The van der Waals surface area contributed by atoms with E-state index in [1.165, 1.54) is 11.5 Å². The molecule has 2 aromatic rings. The first-order valence-corrected chi connectivity index (χ1v) is 4.95. The highest BCUT2D eigenvalue weighted by Crippen LogP contribution is 2.31. The van der Waals surface area contributed by atoms with Crippen molar-refractivity contribution in [2.24, 2.45) is 5.73 Å². The van der Waals surface area contributed by atoms with Crippen LogP contribution in [0.1, 0.15) is 16.1 Å². The third-order valence-corrected chi connectivity index (χ3v) is 3.15. The molecular formula is C10H6N2OS. The van der Waals surface area contributed by atoms with E-state index in [-0.39, 0.29) is 11.5 Å². The van der Waals surface area contributed by atoms with Gasteiger partial charge in [-0.05, 0) is 23.7 Å². The van der Waals surface area contributed by atoms with Crippen LogP contribution in [-0.2, 0) is 0 Å². The van der Waals surface area contributed by atoms with Crippen LogP contribution < -0.4 is 5.73 Å². The van der Waals surface area contributed by atoms with Gasteiger partial charge in [-0.15, -0.1) is 0 Å². The van der Waals surface area contributed by atoms with Gasteiger partial charge in [-0.2, -0.15) is 4.37 Å². The maximum absolute atomic E-state index is 11.7. The van der Waals surface area contributed by atoms with Crippen LogP contribution in [0, 0.1) is 0 Å². The minimum atomic E-state index is -0.0942. The second-order valence-corrected chi connectivity index (χ2v) is 3.98. The number of hydrogen-bond acceptors (Lipinski definition) is 4. The molecule has 0 fully saturated rings. The van der Waals surface area contributed by atoms with E-state index in [1.54, 1.807) is 12.1 Å². The van der Waals surface area contributed by atoms with Crippen LogP contribution in [0.3, 0.4) is 0 Å². The van der Waals surface area contributed by atoms with Crippen molar-refractivity contribution in [3.05, 3.63) is 35.2 Å². The molecule has 0 spiro atoms. The van der Waals surface area contributed by atoms with E-state index in [0.717, 1.165) is 15.8 Å². The number of benzene rings is 1. The molecule has 0 radical (unpaired) electrons. The van der Waals surface area contributed by atoms with Crippen molar-refractivity contribution in [3.8, 4) is 0 Å². The van der Waals surface area contributed by atoms with Gasteiger partial charge in [0.2, 0.25) is 5.78 Å². The summed E-state index contributed by atoms with van der Waals surface area (Å²) in [5.41, 5.74) is 7.37. The largest absolute Gasteiger partial charge is 0.395 e. The van der Waals surface area contributed by atoms with E-state index < -0.39 is 0 Å². The molecule has 2 N–H and O–H groups in total. The number of Topliss-reactive ketones (excluding diaryl/α,β-unsaturated/α-hetero) is 1. The first-order chi connectivity index (χ1) is 6.77. The quantitative estimate of drug-likeness (QED) is 0.708. The molecule has 1 aliphatic rings. The molecule has 0 saturated carbocycles. The van der Waals surface area contributed by atoms with E-state index in [1.807, 2.05) is 12.1 Å². The summed E-state index contributed by atoms with van der Waals surface area (Å²) in [6.45, 7) is 0. The van der Waals surface area contributed by atoms with Crippen molar-refractivity contribution >= 4 is 33.5 Å². The maximum atomic E-state index is 11.7. The molecule has 3 rings (SSSR count). The van der Waals surface area contributed by atoms with Crippen LogP contribution in [0.15, 0.2) is 23.9 Å². The standard InChI is InChI=1S/C10H6N2OS/c11-6-4-7-9-5(10(6)13)2-1-3-8(9)14-12-7/h1-4H,11H2. The molecule has 68 valence electrons. The Hall–Kier alpha value is -1.68. The van der Waals surface area contributed by atoms with E-state index in [9.17, 15) is 4.79 Å². The SMILES string of the molecule is NC1=Cc2nsc3cccc(c23)C1=O. The summed E-state index contributed by atoms with van der Waals surface area (Å²) in [5.74, 6) is -0.0942. The predicted octanol–water partition coefficient (Wildman–Crippen LogP) is 1.79. The van der Waals surface area contributed by atoms with E-state index in [2.05, 4.69) is 4.37 Å². The second-order valence-electron chi connectivity index (χ2n) is 3.18. The summed E-state index contributed by atoms with van der Waals surface area (Å²) >= 11 is 1.39. The molecule has 1 heterocycles. The lowest BCUT2D eigenvalue weighted by atomic mass is 9.97. The van der Waals surface area contributed by atoms with Crippen LogP contribution in [0.2, 0.25) is 0 Å². The van der Waals surface area contributed by atoms with Crippen LogP contribution >= 0.6 is 11.5 Å². The number of ketones is 1. The smallest absolute Gasteiger partial charge is 0.209 e. The van der Waals surface area contributed by atoms with Crippen molar-refractivity contribution in [2.45, 2.75) is 0 Å². The molecule has 1 aromatic carbocycles. The van der Waals surface area contributed by atoms with Crippen LogP contribution in [0.4, 0.5) is 0 Å². The number of carbonyl (C=O) groups excluding carboxylic acids is 1. The van der Waals surface area contributed by atoms with Crippen molar-refractivity contribution in [3.63, 3.8) is 0 Å². The first kappa shape index (κ1) is 7.70. The van der Waals surface area contributed by atoms with Gasteiger partial charge in [-0.25, -0.2) is 0 Å². The zero-order chi connectivity index (χ0) is 9.71. The Morgan fingerprint density at radius 2 is 2.21 bits per heavy atom. The molecule has 0 saturated heterocycles. The molecule has 0 bridgehead atoms. The van der Waals surface area contributed by atoms with Gasteiger partial charge in [0.15, 0.2) is 0 Å². The van der Waals surface area contributed by atoms with Gasteiger partial charge in [-0.1, -0.05) is 12.1 Å². The van der Waals surface area contributed by atoms with Crippen LogP contribution in [0.25, 0.3) is 16.2 Å². The third kappa shape index (κ3) is 0.807. The fraction of sp³-hybridized carbons (Fsp3) is 0. The number of allylic oxidation sites excluding steroid dienone is 1. The van der Waals surface area contributed by atoms with E-state index in [4.69, 9.17) is 5.73 Å². The number of nitrogens with two attached hydrogens (primary N) is 1. The van der Waals surface area contributed by atoms with Gasteiger partial charge in [-0.3, -0.25) is 4.79 Å². The molecular weight excluding hydrogens is 196 g/mol. The topological polar surface area (TPSA) is 56.0 Å². The van der Waals surface area contributed by atoms with Gasteiger partial charge >= 0.3 is 0 Å². The Morgan fingerprint density at radius 3 is 3.07 bits per heavy atom. The minimum Gasteiger partial charge on any atom is -0.395 e. The number of rotatable bonds is 0. The zero-order valence-corrected chi connectivity index (χ0v) is 7.97. The second kappa shape index (κ2) is 2.42. The van der Waals surface area contributed by atoms with Crippen molar-refractivity contribution in [1.29, 1.82) is 0 Å². The van der Waals surface area contributed by atoms with Crippen LogP contribution in [-0.4, -0.2) is 10.2 Å². The molecule has 4 heteroatoms. The maximum Gasteiger partial charge on any atom is 0.209 e. The summed E-state index contributed by atoms with van der Waals surface area (Å²) in [6.07, 6.45) is 1.65. The Labute approximate surface area is 84.0 Å². The highest BCUT2D eigenvalue weighted by molar-refractivity contribution is 7.13. The molecule has 1 aromatic heterocycles. The Balaban J connectivity index is 2.54. The molecule has 3 nitrogen and oxygen atoms in total. The average molecular weight is 202 g/mol. The molecule has 0 aliphatic heterocycles. The normalized spacial score (nSPS) is 14.6. The van der Waals surface area contributed by atoms with Crippen molar-refractivity contribution in [1.82, 2.24) is 4.37 Å². The average Bonchev–Trinajstić information content (AvgIpc) is 2.59. The van der Waals surface area contributed by atoms with E-state index >= 15 is 0 Å². The van der Waals surface area contributed by atoms with Crippen molar-refractivity contribution < 1.29 is 4.79 Å². The van der Waals surface area contributed by atoms with Crippen molar-refractivity contribution in [2.75, 3.05) is 0 Å². The lowest BCUT2D eigenvalue weighted by Gasteiger charge is -2.08. The third-order valence-electron chi connectivity index (χ3n) is 2.32. The van der Waals surface area contributed by atoms with Gasteiger partial charge in [0, 0.05) is 10.9 Å². The molecule has 0 amide bonds. The molecule has 0 atom stereocenters. The van der Waals surface area contributed by atoms with Gasteiger partial charge < -0.3 is 5.73 Å². The summed E-state index contributed by atoms with van der Waals surface area (Å²) in [4.78, 5) is 11.7. The minimum absolute atomic E-state index is 0.0942. The number of carbonyl (C=O) groups is 1. The lowest BCUT2D eigenvalue weighted by molar-refractivity contribution is 0.103. The lowest BCUT2D eigenvalue weighted by Crippen LogP contribution is -2.14. The highest BCUT2D eigenvalue weighted by Gasteiger charge is 2.21. The number of nitrogens with zero attached hydrogens (tertiary/aromatic N) is 1. The number of hydrogen-bond donors (Lipinski definition) is 1. The molecule has 1 aliphatic carbocycles. The fourth-order valence-electron chi connectivity index (χ4n) is 1.67. The molecule has 14 heavy (non-hydrogen) atoms. The number of aromatic nitrogens is 1. The Bertz CT molecular complexity index is 583. The monoisotopic (exact) mass is 202 g/mol.